The van der Waals surface area contributed by atoms with Gasteiger partial charge in [0.2, 0.25) is 0 Å². The Labute approximate surface area is 133 Å². The minimum absolute atomic E-state index is 0.00420. The molecular weight excluding hydrogens is 311 g/mol. The highest BCUT2D eigenvalue weighted by Gasteiger charge is 2.75. The van der Waals surface area contributed by atoms with E-state index in [2.05, 4.69) is 0 Å². The lowest BCUT2D eigenvalue weighted by molar-refractivity contribution is -0.147. The van der Waals surface area contributed by atoms with Gasteiger partial charge < -0.3 is 5.11 Å². The molecule has 0 bridgehead atoms. The monoisotopic (exact) mass is 326 g/mol. The molecule has 3 rings (SSSR count). The molecule has 0 aliphatic heterocycles. The first-order valence-electron chi connectivity index (χ1n) is 7.13. The Kier molecular flexibility index (Phi) is 3.53. The van der Waals surface area contributed by atoms with Gasteiger partial charge in [-0.15, -0.1) is 0 Å². The predicted molar refractivity (Wildman–Crippen MR) is 80.6 cm³/mol. The zero-order valence-corrected chi connectivity index (χ0v) is 13.1. The number of hydrogen-bond donors (Lipinski definition) is 1. The topological polar surface area (TPSA) is 54.4 Å². The van der Waals surface area contributed by atoms with Gasteiger partial charge in [-0.3, -0.25) is 9.59 Å². The number of fused-ring (bicyclic) bond motifs is 1. The van der Waals surface area contributed by atoms with E-state index in [-0.39, 0.29) is 23.5 Å². The van der Waals surface area contributed by atoms with E-state index < -0.39 is 11.4 Å². The predicted octanol–water partition coefficient (Wildman–Crippen LogP) is 3.85. The van der Waals surface area contributed by atoms with Gasteiger partial charge >= 0.3 is 5.97 Å². The van der Waals surface area contributed by atoms with Gasteiger partial charge in [-0.25, -0.2) is 0 Å². The zero-order valence-electron chi connectivity index (χ0n) is 11.6. The molecule has 1 aromatic rings. The number of Topliss-reactive ketones (excluding diaryl/α,β-unsaturated/α-hetero) is 1. The Morgan fingerprint density at radius 3 is 2.67 bits per heavy atom. The maximum absolute atomic E-state index is 12.5. The minimum atomic E-state index is -0.826. The van der Waals surface area contributed by atoms with Crippen molar-refractivity contribution in [1.29, 1.82) is 0 Å². The second kappa shape index (κ2) is 4.99. The summed E-state index contributed by atoms with van der Waals surface area (Å²) in [7, 11) is 0. The van der Waals surface area contributed by atoms with Crippen LogP contribution in [0.1, 0.15) is 25.3 Å². The lowest BCUT2D eigenvalue weighted by Gasteiger charge is -2.19. The normalized spacial score (nSPS) is 33.9. The molecule has 0 aromatic heterocycles. The van der Waals surface area contributed by atoms with E-state index in [1.807, 2.05) is 19.1 Å². The molecule has 4 atom stereocenters. The Bertz CT molecular complexity index is 628. The Morgan fingerprint density at radius 1 is 1.43 bits per heavy atom. The standard InChI is InChI=1S/C16H16Cl2O3/c1-2-16(15(20)21)10-7-9(14(19)12(10)16)6-8-4-3-5-11(17)13(8)18/h3-5,9-10,12H,2,6-7H2,1H3,(H,20,21). The first kappa shape index (κ1) is 14.9. The number of benzene rings is 1. The molecule has 2 saturated carbocycles. The third-order valence-corrected chi connectivity index (χ3v) is 6.10. The van der Waals surface area contributed by atoms with Crippen molar-refractivity contribution < 1.29 is 14.7 Å². The Morgan fingerprint density at radius 2 is 2.14 bits per heavy atom. The molecule has 1 N–H and O–H groups in total. The first-order valence-corrected chi connectivity index (χ1v) is 7.89. The number of carboxylic acids is 1. The fourth-order valence-corrected chi connectivity index (χ4v) is 4.47. The van der Waals surface area contributed by atoms with Crippen molar-refractivity contribution in [2.45, 2.75) is 26.2 Å². The van der Waals surface area contributed by atoms with E-state index in [9.17, 15) is 14.7 Å². The minimum Gasteiger partial charge on any atom is -0.481 e. The summed E-state index contributed by atoms with van der Waals surface area (Å²) in [5, 5.41) is 10.4. The number of carbonyl (C=O) groups excluding carboxylic acids is 1. The van der Waals surface area contributed by atoms with Crippen LogP contribution in [0.4, 0.5) is 0 Å². The maximum Gasteiger partial charge on any atom is 0.310 e. The van der Waals surface area contributed by atoms with Crippen molar-refractivity contribution in [3.63, 3.8) is 0 Å². The average Bonchev–Trinajstić information content (AvgIpc) is 2.99. The summed E-state index contributed by atoms with van der Waals surface area (Å²) in [5.74, 6) is -1.18. The maximum atomic E-state index is 12.5. The highest BCUT2D eigenvalue weighted by molar-refractivity contribution is 6.42. The lowest BCUT2D eigenvalue weighted by Crippen LogP contribution is -2.27. The van der Waals surface area contributed by atoms with Crippen LogP contribution in [0.15, 0.2) is 18.2 Å². The van der Waals surface area contributed by atoms with Gasteiger partial charge in [0.1, 0.15) is 5.78 Å². The van der Waals surface area contributed by atoms with Gasteiger partial charge in [0.15, 0.2) is 0 Å². The average molecular weight is 327 g/mol. The second-order valence-corrected chi connectivity index (χ2v) is 6.82. The molecule has 0 radical (unpaired) electrons. The second-order valence-electron chi connectivity index (χ2n) is 6.04. The summed E-state index contributed by atoms with van der Waals surface area (Å²) in [5.41, 5.74) is 0.0624. The number of ketones is 1. The Hall–Kier alpha value is -1.06. The molecule has 2 fully saturated rings. The van der Waals surface area contributed by atoms with Crippen LogP contribution in [0.25, 0.3) is 0 Å². The van der Waals surface area contributed by atoms with Crippen LogP contribution in [0.3, 0.4) is 0 Å². The van der Waals surface area contributed by atoms with Crippen LogP contribution in [0, 0.1) is 23.2 Å². The lowest BCUT2D eigenvalue weighted by atomic mass is 9.84. The van der Waals surface area contributed by atoms with Crippen molar-refractivity contribution in [2.75, 3.05) is 0 Å². The molecule has 0 heterocycles. The van der Waals surface area contributed by atoms with Crippen LogP contribution in [0.5, 0.6) is 0 Å². The number of aliphatic carboxylic acids is 1. The molecule has 0 spiro atoms. The SMILES string of the molecule is CCC1(C(=O)O)C2CC(Cc3cccc(Cl)c3Cl)C(=O)C21. The number of halogens is 2. The van der Waals surface area contributed by atoms with E-state index in [0.29, 0.717) is 29.3 Å². The quantitative estimate of drug-likeness (QED) is 0.914. The molecule has 2 aliphatic carbocycles. The van der Waals surface area contributed by atoms with E-state index in [4.69, 9.17) is 23.2 Å². The summed E-state index contributed by atoms with van der Waals surface area (Å²) in [6.07, 6.45) is 1.71. The molecule has 5 heteroatoms. The van der Waals surface area contributed by atoms with Gasteiger partial charge in [-0.2, -0.15) is 0 Å². The van der Waals surface area contributed by atoms with Gasteiger partial charge in [-0.05, 0) is 36.8 Å². The highest BCUT2D eigenvalue weighted by atomic mass is 35.5. The third-order valence-electron chi connectivity index (χ3n) is 5.24. The van der Waals surface area contributed by atoms with Crippen LogP contribution in [-0.4, -0.2) is 16.9 Å². The van der Waals surface area contributed by atoms with Gasteiger partial charge in [0, 0.05) is 11.8 Å². The third kappa shape index (κ3) is 2.01. The first-order chi connectivity index (χ1) is 9.93. The molecule has 21 heavy (non-hydrogen) atoms. The summed E-state index contributed by atoms with van der Waals surface area (Å²) in [6.45, 7) is 1.85. The van der Waals surface area contributed by atoms with Gasteiger partial charge in [0.05, 0.1) is 15.5 Å². The summed E-state index contributed by atoms with van der Waals surface area (Å²) >= 11 is 12.2. The van der Waals surface area contributed by atoms with Crippen LogP contribution in [-0.2, 0) is 16.0 Å². The molecule has 1 aromatic carbocycles. The van der Waals surface area contributed by atoms with Crippen LogP contribution in [0.2, 0.25) is 10.0 Å². The summed E-state index contributed by atoms with van der Waals surface area (Å²) in [6, 6.07) is 5.40. The molecule has 0 amide bonds. The van der Waals surface area contributed by atoms with E-state index >= 15 is 0 Å². The van der Waals surface area contributed by atoms with Crippen molar-refractivity contribution in [3.8, 4) is 0 Å². The number of hydrogen-bond acceptors (Lipinski definition) is 2. The van der Waals surface area contributed by atoms with Crippen LogP contribution < -0.4 is 0 Å². The highest BCUT2D eigenvalue weighted by Crippen LogP contribution is 2.69. The smallest absolute Gasteiger partial charge is 0.310 e. The molecule has 2 aliphatic rings. The fourth-order valence-electron chi connectivity index (χ4n) is 4.07. The zero-order chi connectivity index (χ0) is 15.4. The number of rotatable bonds is 4. The van der Waals surface area contributed by atoms with Crippen LogP contribution >= 0.6 is 23.2 Å². The number of carbonyl (C=O) groups is 2. The molecule has 0 saturated heterocycles. The van der Waals surface area contributed by atoms with E-state index in [1.54, 1.807) is 6.07 Å². The van der Waals surface area contributed by atoms with E-state index in [0.717, 1.165) is 5.56 Å². The summed E-state index contributed by atoms with van der Waals surface area (Å²) in [4.78, 5) is 23.9. The van der Waals surface area contributed by atoms with Crippen molar-refractivity contribution in [2.24, 2.45) is 23.2 Å². The Balaban J connectivity index is 1.77. The molecule has 112 valence electrons. The molecular formula is C16H16Cl2O3. The van der Waals surface area contributed by atoms with Gasteiger partial charge in [0.25, 0.3) is 0 Å². The van der Waals surface area contributed by atoms with Crippen molar-refractivity contribution in [3.05, 3.63) is 33.8 Å². The molecule has 4 unspecified atom stereocenters. The van der Waals surface area contributed by atoms with Crippen molar-refractivity contribution >= 4 is 35.0 Å². The molecule has 3 nitrogen and oxygen atoms in total. The van der Waals surface area contributed by atoms with Crippen molar-refractivity contribution in [1.82, 2.24) is 0 Å². The largest absolute Gasteiger partial charge is 0.481 e. The summed E-state index contributed by atoms with van der Waals surface area (Å²) < 4.78 is 0. The fraction of sp³-hybridized carbons (Fsp3) is 0.500. The van der Waals surface area contributed by atoms with Gasteiger partial charge in [-0.1, -0.05) is 42.3 Å². The number of carboxylic acid groups (broad SMARTS) is 1. The van der Waals surface area contributed by atoms with E-state index in [1.165, 1.54) is 0 Å².